The summed E-state index contributed by atoms with van der Waals surface area (Å²) in [5.74, 6) is 1.68. The molecule has 4 fully saturated rings. The highest BCUT2D eigenvalue weighted by atomic mass is 16.5. The molecule has 6 rings (SSSR count). The number of carbonyl (C=O) groups is 2. The zero-order valence-corrected chi connectivity index (χ0v) is 23.3. The lowest BCUT2D eigenvalue weighted by Gasteiger charge is -2.67. The van der Waals surface area contributed by atoms with Crippen LogP contribution in [0.1, 0.15) is 76.8 Å². The van der Waals surface area contributed by atoms with Gasteiger partial charge in [0.1, 0.15) is 11.2 Å². The van der Waals surface area contributed by atoms with Gasteiger partial charge in [0.25, 0.3) is 0 Å². The summed E-state index contributed by atoms with van der Waals surface area (Å²) >= 11 is 0. The molecule has 1 aliphatic heterocycles. The number of methoxy groups -OCH3 is 1. The quantitative estimate of drug-likeness (QED) is 0.399. The molecule has 3 saturated carbocycles. The molecule has 37 heavy (non-hydrogen) atoms. The molecule has 6 heteroatoms. The second kappa shape index (κ2) is 8.72. The van der Waals surface area contributed by atoms with Gasteiger partial charge in [0.05, 0.1) is 13.7 Å². The van der Waals surface area contributed by atoms with Crippen molar-refractivity contribution in [1.82, 2.24) is 9.80 Å². The van der Waals surface area contributed by atoms with Crippen LogP contribution in [0.25, 0.3) is 0 Å². The lowest BCUT2D eigenvalue weighted by molar-refractivity contribution is -0.165. The van der Waals surface area contributed by atoms with Crippen molar-refractivity contribution in [3.63, 3.8) is 0 Å². The van der Waals surface area contributed by atoms with Crippen LogP contribution >= 0.6 is 0 Å². The molecule has 5 unspecified atom stereocenters. The van der Waals surface area contributed by atoms with Gasteiger partial charge in [-0.3, -0.25) is 14.5 Å². The summed E-state index contributed by atoms with van der Waals surface area (Å²) < 4.78 is 11.0. The average molecular weight is 509 g/mol. The maximum atomic E-state index is 13.8. The Balaban J connectivity index is 1.40. The SMILES string of the molecule is CCOC(=O)C(C)(C)C(=O)N(C)C1CCC23CCC1C21CCN(CC2CC2)C3Cc2ccc(OC)cc21. The van der Waals surface area contributed by atoms with E-state index in [4.69, 9.17) is 9.47 Å². The minimum atomic E-state index is -1.18. The summed E-state index contributed by atoms with van der Waals surface area (Å²) in [7, 11) is 3.70. The molecular formula is C31H44N2O4. The van der Waals surface area contributed by atoms with Crippen LogP contribution < -0.4 is 4.74 Å². The molecule has 5 atom stereocenters. The first-order valence-corrected chi connectivity index (χ1v) is 14.6. The molecule has 1 aromatic carbocycles. The van der Waals surface area contributed by atoms with Crippen molar-refractivity contribution in [1.29, 1.82) is 0 Å². The van der Waals surface area contributed by atoms with E-state index in [-0.39, 0.29) is 29.4 Å². The van der Waals surface area contributed by atoms with Crippen molar-refractivity contribution < 1.29 is 19.1 Å². The van der Waals surface area contributed by atoms with Crippen molar-refractivity contribution in [2.75, 3.05) is 33.9 Å². The molecule has 1 heterocycles. The van der Waals surface area contributed by atoms with Crippen LogP contribution in [0.15, 0.2) is 18.2 Å². The second-order valence-electron chi connectivity index (χ2n) is 13.1. The number of likely N-dealkylation sites (tertiary alicyclic amines) is 1. The van der Waals surface area contributed by atoms with Gasteiger partial charge < -0.3 is 14.4 Å². The molecule has 1 aromatic rings. The summed E-state index contributed by atoms with van der Waals surface area (Å²) in [6, 6.07) is 7.50. The highest BCUT2D eigenvalue weighted by Crippen LogP contribution is 2.72. The zero-order valence-electron chi connectivity index (χ0n) is 23.3. The van der Waals surface area contributed by atoms with E-state index in [1.807, 2.05) is 11.9 Å². The van der Waals surface area contributed by atoms with Crippen LogP contribution in [0.3, 0.4) is 0 Å². The standard InChI is InChI=1S/C31H44N2O4/c1-6-37-28(35)29(2,3)27(34)32(4)25-12-14-30-13-11-23(25)31(30)15-16-33(19-20-7-8-20)26(30)17-21-9-10-22(36-5)18-24(21)31/h9-10,18,20,23,25-26H,6-8,11-17,19H2,1-5H3. The Hall–Kier alpha value is -2.08. The molecule has 0 spiro atoms. The Morgan fingerprint density at radius 3 is 2.59 bits per heavy atom. The Kier molecular flexibility index (Phi) is 5.94. The zero-order chi connectivity index (χ0) is 26.2. The number of carbonyl (C=O) groups excluding carboxylic acids is 2. The van der Waals surface area contributed by atoms with E-state index in [2.05, 4.69) is 23.1 Å². The molecular weight excluding hydrogens is 464 g/mol. The van der Waals surface area contributed by atoms with E-state index in [9.17, 15) is 9.59 Å². The first-order valence-electron chi connectivity index (χ1n) is 14.6. The van der Waals surface area contributed by atoms with Crippen LogP contribution in [0.5, 0.6) is 5.75 Å². The number of rotatable bonds is 7. The summed E-state index contributed by atoms with van der Waals surface area (Å²) in [6.45, 7) is 7.92. The lowest BCUT2D eigenvalue weighted by Crippen LogP contribution is -2.70. The molecule has 202 valence electrons. The van der Waals surface area contributed by atoms with Crippen LogP contribution in [0.4, 0.5) is 0 Å². The summed E-state index contributed by atoms with van der Waals surface area (Å²) in [5.41, 5.74) is 2.12. The monoisotopic (exact) mass is 508 g/mol. The van der Waals surface area contributed by atoms with Crippen molar-refractivity contribution >= 4 is 11.9 Å². The number of ether oxygens (including phenoxy) is 2. The van der Waals surface area contributed by atoms with Gasteiger partial charge in [0.2, 0.25) is 5.91 Å². The summed E-state index contributed by atoms with van der Waals surface area (Å²) in [6.07, 6.45) is 9.62. The fraction of sp³-hybridized carbons (Fsp3) is 0.742. The van der Waals surface area contributed by atoms with Crippen molar-refractivity contribution in [2.45, 2.75) is 89.6 Å². The third kappa shape index (κ3) is 3.46. The maximum absolute atomic E-state index is 13.8. The van der Waals surface area contributed by atoms with E-state index in [1.54, 1.807) is 27.9 Å². The van der Waals surface area contributed by atoms with E-state index < -0.39 is 11.4 Å². The van der Waals surface area contributed by atoms with Crippen LogP contribution in [0, 0.1) is 22.7 Å². The fourth-order valence-electron chi connectivity index (χ4n) is 9.33. The lowest BCUT2D eigenvalue weighted by atomic mass is 9.43. The van der Waals surface area contributed by atoms with E-state index >= 15 is 0 Å². The van der Waals surface area contributed by atoms with Gasteiger partial charge in [-0.15, -0.1) is 0 Å². The molecule has 4 aliphatic carbocycles. The summed E-state index contributed by atoms with van der Waals surface area (Å²) in [5, 5.41) is 0. The second-order valence-corrected chi connectivity index (χ2v) is 13.1. The Morgan fingerprint density at radius 2 is 1.89 bits per heavy atom. The van der Waals surface area contributed by atoms with Gasteiger partial charge in [-0.1, -0.05) is 6.07 Å². The number of esters is 1. The number of piperidine rings is 1. The number of nitrogens with zero attached hydrogens (tertiary/aromatic N) is 2. The Labute approximate surface area is 222 Å². The van der Waals surface area contributed by atoms with E-state index in [0.29, 0.717) is 12.0 Å². The normalized spacial score (nSPS) is 34.4. The largest absolute Gasteiger partial charge is 0.497 e. The van der Waals surface area contributed by atoms with Crippen molar-refractivity contribution in [2.24, 2.45) is 22.7 Å². The molecule has 5 aliphatic rings. The Bertz CT molecular complexity index is 1100. The van der Waals surface area contributed by atoms with Gasteiger partial charge in [-0.25, -0.2) is 0 Å². The van der Waals surface area contributed by atoms with E-state index in [1.165, 1.54) is 36.9 Å². The topological polar surface area (TPSA) is 59.1 Å². The smallest absolute Gasteiger partial charge is 0.321 e. The van der Waals surface area contributed by atoms with Gasteiger partial charge in [-0.2, -0.15) is 0 Å². The molecule has 0 radical (unpaired) electrons. The summed E-state index contributed by atoms with van der Waals surface area (Å²) in [4.78, 5) is 31.3. The molecule has 0 aromatic heterocycles. The first kappa shape index (κ1) is 25.2. The number of fused-ring (bicyclic) bond motifs is 1. The number of amides is 1. The highest BCUT2D eigenvalue weighted by molar-refractivity contribution is 6.01. The van der Waals surface area contributed by atoms with Gasteiger partial charge in [0, 0.05) is 31.1 Å². The molecule has 4 bridgehead atoms. The average Bonchev–Trinajstić information content (AvgIpc) is 3.68. The molecule has 0 N–H and O–H groups in total. The molecule has 1 saturated heterocycles. The number of benzene rings is 1. The molecule has 1 amide bonds. The minimum absolute atomic E-state index is 0.0609. The van der Waals surface area contributed by atoms with Gasteiger partial charge in [0.15, 0.2) is 0 Å². The van der Waals surface area contributed by atoms with Crippen LogP contribution in [0.2, 0.25) is 0 Å². The first-order chi connectivity index (χ1) is 17.7. The minimum Gasteiger partial charge on any atom is -0.497 e. The van der Waals surface area contributed by atoms with Crippen molar-refractivity contribution in [3.8, 4) is 5.75 Å². The fourth-order valence-corrected chi connectivity index (χ4v) is 9.33. The third-order valence-corrected chi connectivity index (χ3v) is 11.2. The predicted molar refractivity (Wildman–Crippen MR) is 142 cm³/mol. The maximum Gasteiger partial charge on any atom is 0.321 e. The van der Waals surface area contributed by atoms with Crippen LogP contribution in [-0.2, 0) is 26.2 Å². The predicted octanol–water partition coefficient (Wildman–Crippen LogP) is 4.58. The van der Waals surface area contributed by atoms with Crippen molar-refractivity contribution in [3.05, 3.63) is 29.3 Å². The number of hydrogen-bond acceptors (Lipinski definition) is 5. The van der Waals surface area contributed by atoms with E-state index in [0.717, 1.165) is 50.3 Å². The third-order valence-electron chi connectivity index (χ3n) is 11.2. The number of hydrogen-bond donors (Lipinski definition) is 0. The molecule has 6 nitrogen and oxygen atoms in total. The highest BCUT2D eigenvalue weighted by Gasteiger charge is 2.72. The van der Waals surface area contributed by atoms with Gasteiger partial charge in [-0.05, 0) is 119 Å². The van der Waals surface area contributed by atoms with Crippen LogP contribution in [-0.4, -0.2) is 67.6 Å². The Morgan fingerprint density at radius 1 is 1.14 bits per heavy atom. The van der Waals surface area contributed by atoms with Gasteiger partial charge >= 0.3 is 5.97 Å².